The molecular weight excluding hydrogens is 518 g/mol. The van der Waals surface area contributed by atoms with Crippen LogP contribution in [0.3, 0.4) is 0 Å². The van der Waals surface area contributed by atoms with Crippen LogP contribution < -0.4 is 10.5 Å². The molecule has 3 aliphatic rings. The van der Waals surface area contributed by atoms with Gasteiger partial charge in [-0.05, 0) is 37.1 Å². The molecule has 1 saturated heterocycles. The van der Waals surface area contributed by atoms with Crippen LogP contribution in [0.15, 0.2) is 53.3 Å². The maximum atomic E-state index is 13.8. The molecule has 3 aromatic heterocycles. The zero-order valence-electron chi connectivity index (χ0n) is 22.3. The summed E-state index contributed by atoms with van der Waals surface area (Å²) in [6, 6.07) is 10.3. The quantitative estimate of drug-likeness (QED) is 0.387. The molecule has 2 fully saturated rings. The zero-order valence-corrected chi connectivity index (χ0v) is 22.3. The molecule has 3 atom stereocenters. The number of aromatic nitrogens is 4. The van der Waals surface area contributed by atoms with E-state index in [4.69, 9.17) is 19.9 Å². The molecular formula is C29H28F2N6O3. The fourth-order valence-electron chi connectivity index (χ4n) is 5.81. The maximum absolute atomic E-state index is 13.8. The summed E-state index contributed by atoms with van der Waals surface area (Å²) in [5.41, 5.74) is 9.66. The molecule has 0 spiro atoms. The number of halogens is 2. The normalized spacial score (nSPS) is 22.4. The lowest BCUT2D eigenvalue weighted by Crippen LogP contribution is -2.34. The molecule has 0 radical (unpaired) electrons. The van der Waals surface area contributed by atoms with E-state index in [0.717, 1.165) is 11.1 Å². The van der Waals surface area contributed by atoms with Crippen molar-refractivity contribution in [3.05, 3.63) is 71.2 Å². The summed E-state index contributed by atoms with van der Waals surface area (Å²) in [6.07, 6.45) is 2.67. The number of amides is 1. The topological polar surface area (TPSA) is 112 Å². The van der Waals surface area contributed by atoms with E-state index in [-0.39, 0.29) is 35.8 Å². The Morgan fingerprint density at radius 1 is 1.15 bits per heavy atom. The first-order valence-corrected chi connectivity index (χ1v) is 13.2. The van der Waals surface area contributed by atoms with Crippen molar-refractivity contribution in [2.45, 2.75) is 37.8 Å². The van der Waals surface area contributed by atoms with Crippen molar-refractivity contribution in [2.24, 2.45) is 24.6 Å². The van der Waals surface area contributed by atoms with Gasteiger partial charge in [-0.15, -0.1) is 0 Å². The number of aryl methyl sites for hydroxylation is 1. The van der Waals surface area contributed by atoms with Crippen molar-refractivity contribution in [1.29, 1.82) is 0 Å². The second-order valence-electron chi connectivity index (χ2n) is 11.6. The van der Waals surface area contributed by atoms with Crippen LogP contribution in [0.4, 0.5) is 8.78 Å². The number of likely N-dealkylation sites (tertiary alicyclic amines) is 1. The number of piperidine rings is 1. The number of hydrogen-bond acceptors (Lipinski definition) is 7. The average Bonchev–Trinajstić information content (AvgIpc) is 3.41. The van der Waals surface area contributed by atoms with Crippen molar-refractivity contribution in [2.75, 3.05) is 13.1 Å². The van der Waals surface area contributed by atoms with Gasteiger partial charge >= 0.3 is 0 Å². The van der Waals surface area contributed by atoms with Crippen molar-refractivity contribution in [3.8, 4) is 28.7 Å². The first-order valence-electron chi connectivity index (χ1n) is 13.2. The van der Waals surface area contributed by atoms with Crippen molar-refractivity contribution < 1.29 is 22.7 Å². The van der Waals surface area contributed by atoms with Gasteiger partial charge in [0.25, 0.3) is 11.8 Å². The summed E-state index contributed by atoms with van der Waals surface area (Å²) < 4.78 is 40.7. The van der Waals surface area contributed by atoms with Crippen LogP contribution in [0.25, 0.3) is 22.8 Å². The number of pyridine rings is 1. The Hall–Kier alpha value is -4.12. The van der Waals surface area contributed by atoms with Crippen molar-refractivity contribution in [1.82, 2.24) is 24.6 Å². The predicted octanol–water partition coefficient (Wildman–Crippen LogP) is 4.13. The molecule has 4 heterocycles. The fraction of sp³-hybridized carbons (Fsp3) is 0.379. The highest BCUT2D eigenvalue weighted by Crippen LogP contribution is 2.49. The van der Waals surface area contributed by atoms with E-state index in [2.05, 4.69) is 10.1 Å². The van der Waals surface area contributed by atoms with Crippen molar-refractivity contribution in [3.63, 3.8) is 0 Å². The van der Waals surface area contributed by atoms with Gasteiger partial charge in [-0.3, -0.25) is 9.48 Å². The van der Waals surface area contributed by atoms with Crippen molar-refractivity contribution >= 4 is 5.91 Å². The van der Waals surface area contributed by atoms with Gasteiger partial charge in [-0.2, -0.15) is 5.10 Å². The number of rotatable bonds is 6. The minimum Gasteiger partial charge on any atom is -0.474 e. The molecule has 206 valence electrons. The monoisotopic (exact) mass is 546 g/mol. The standard InChI is InChI=1S/C29H28F2N6O3/c1-28(2,32)17-9-21(15-4-5-20-16(8-15)12-29(20,30)31)34-24(10-17)40-25-18-13-37(14-19(18)25)27(38)23-11-22(35-36(23)3)26-33-6-7-39-26/h4-11,18-19,25H,12-14,32H2,1-3H3/t18-,19+,25?. The van der Waals surface area contributed by atoms with Crippen LogP contribution in [-0.2, 0) is 24.9 Å². The highest BCUT2D eigenvalue weighted by Gasteiger charge is 2.59. The Morgan fingerprint density at radius 3 is 2.58 bits per heavy atom. The summed E-state index contributed by atoms with van der Waals surface area (Å²) in [5, 5.41) is 4.36. The Kier molecular flexibility index (Phi) is 5.25. The van der Waals surface area contributed by atoms with Gasteiger partial charge in [0.05, 0.1) is 11.9 Å². The van der Waals surface area contributed by atoms with Crippen LogP contribution in [0.5, 0.6) is 5.88 Å². The molecule has 40 heavy (non-hydrogen) atoms. The molecule has 0 bridgehead atoms. The van der Waals surface area contributed by atoms with E-state index in [1.807, 2.05) is 30.9 Å². The van der Waals surface area contributed by atoms with Crippen LogP contribution in [-0.4, -0.2) is 49.7 Å². The van der Waals surface area contributed by atoms with E-state index >= 15 is 0 Å². The van der Waals surface area contributed by atoms with E-state index in [9.17, 15) is 13.6 Å². The molecule has 2 aliphatic carbocycles. The van der Waals surface area contributed by atoms with Gasteiger partial charge in [-0.1, -0.05) is 12.1 Å². The van der Waals surface area contributed by atoms with Crippen LogP contribution in [0, 0.1) is 11.8 Å². The van der Waals surface area contributed by atoms with E-state index in [1.165, 1.54) is 18.5 Å². The molecule has 1 saturated carbocycles. The Morgan fingerprint density at radius 2 is 1.93 bits per heavy atom. The number of carbonyl (C=O) groups is 1. The average molecular weight is 547 g/mol. The second kappa shape index (κ2) is 8.44. The van der Waals surface area contributed by atoms with E-state index in [1.54, 1.807) is 29.9 Å². The van der Waals surface area contributed by atoms with Gasteiger partial charge in [-0.25, -0.2) is 18.7 Å². The largest absolute Gasteiger partial charge is 0.474 e. The SMILES string of the molecule is Cn1nc(-c2ncco2)cc1C(=O)N1C[C@@H]2C(Oc3cc(C(C)(C)N)cc(-c4ccc5c(c4)CC5(F)F)n3)[C@@H]2C1. The number of fused-ring (bicyclic) bond motifs is 2. The third-order valence-corrected chi connectivity index (χ3v) is 8.16. The van der Waals surface area contributed by atoms with Gasteiger partial charge < -0.3 is 19.8 Å². The van der Waals surface area contributed by atoms with Gasteiger partial charge in [0.15, 0.2) is 0 Å². The van der Waals surface area contributed by atoms with E-state index in [0.29, 0.717) is 47.5 Å². The minimum absolute atomic E-state index is 0.0644. The summed E-state index contributed by atoms with van der Waals surface area (Å²) >= 11 is 0. The lowest BCUT2D eigenvalue weighted by molar-refractivity contribution is -0.0287. The van der Waals surface area contributed by atoms with Crippen LogP contribution in [0.1, 0.15) is 41.0 Å². The molecule has 1 aromatic carbocycles. The molecule has 11 heteroatoms. The highest BCUT2D eigenvalue weighted by atomic mass is 19.3. The summed E-state index contributed by atoms with van der Waals surface area (Å²) in [5.74, 6) is -1.66. The molecule has 7 rings (SSSR count). The van der Waals surface area contributed by atoms with E-state index < -0.39 is 11.5 Å². The lowest BCUT2D eigenvalue weighted by Gasteiger charge is -2.30. The molecule has 1 aliphatic heterocycles. The van der Waals surface area contributed by atoms with Crippen LogP contribution >= 0.6 is 0 Å². The fourth-order valence-corrected chi connectivity index (χ4v) is 5.81. The molecule has 1 unspecified atom stereocenters. The minimum atomic E-state index is -2.76. The summed E-state index contributed by atoms with van der Waals surface area (Å²) in [7, 11) is 1.72. The summed E-state index contributed by atoms with van der Waals surface area (Å²) in [4.78, 5) is 23.9. The Balaban J connectivity index is 1.07. The Labute approximate surface area is 229 Å². The summed E-state index contributed by atoms with van der Waals surface area (Å²) in [6.45, 7) is 4.94. The third kappa shape index (κ3) is 4.07. The molecule has 9 nitrogen and oxygen atoms in total. The molecule has 2 N–H and O–H groups in total. The number of benzene rings is 1. The molecule has 1 amide bonds. The molecule has 4 aromatic rings. The number of nitrogens with zero attached hydrogens (tertiary/aromatic N) is 5. The first-order chi connectivity index (χ1) is 19.0. The van der Waals surface area contributed by atoms with Crippen LogP contribution in [0.2, 0.25) is 0 Å². The van der Waals surface area contributed by atoms with Gasteiger partial charge in [0.2, 0.25) is 11.8 Å². The first kappa shape index (κ1) is 24.9. The number of oxazole rings is 1. The number of nitrogens with two attached hydrogens (primary N) is 1. The van der Waals surface area contributed by atoms with Gasteiger partial charge in [0, 0.05) is 67.2 Å². The predicted molar refractivity (Wildman–Crippen MR) is 140 cm³/mol. The van der Waals surface area contributed by atoms with Gasteiger partial charge in [0.1, 0.15) is 23.8 Å². The maximum Gasteiger partial charge on any atom is 0.277 e. The number of alkyl halides is 2. The number of hydrogen-bond donors (Lipinski definition) is 1. The lowest BCUT2D eigenvalue weighted by atomic mass is 9.83. The number of carbonyl (C=O) groups excluding carboxylic acids is 1. The highest BCUT2D eigenvalue weighted by molar-refractivity contribution is 5.93. The Bertz CT molecular complexity index is 1630. The second-order valence-corrected chi connectivity index (χ2v) is 11.6. The number of ether oxygens (including phenoxy) is 1. The third-order valence-electron chi connectivity index (χ3n) is 8.16. The zero-order chi connectivity index (χ0) is 28.0. The smallest absolute Gasteiger partial charge is 0.277 e.